The number of hydrogen-bond donors (Lipinski definition) is 0. The maximum atomic E-state index is 12.7. The fraction of sp³-hybridized carbons (Fsp3) is 0.294. The largest absolute Gasteiger partial charge is 0.497 e. The number of hydrogen-bond acceptors (Lipinski definition) is 6. The number of carbonyl (C=O) groups is 1. The Morgan fingerprint density at radius 1 is 1.12 bits per heavy atom. The van der Waals surface area contributed by atoms with Crippen LogP contribution in [-0.2, 0) is 20.6 Å². The highest BCUT2D eigenvalue weighted by Crippen LogP contribution is 2.25. The van der Waals surface area contributed by atoms with E-state index in [9.17, 15) is 14.4 Å². The molecule has 0 aliphatic rings. The van der Waals surface area contributed by atoms with Crippen LogP contribution >= 0.6 is 0 Å². The molecule has 136 valence electrons. The van der Waals surface area contributed by atoms with Gasteiger partial charge in [0.25, 0.3) is 5.56 Å². The highest BCUT2D eigenvalue weighted by molar-refractivity contribution is 5.99. The summed E-state index contributed by atoms with van der Waals surface area (Å²) in [4.78, 5) is 41.3. The van der Waals surface area contributed by atoms with Gasteiger partial charge in [-0.05, 0) is 12.1 Å². The number of ketones is 1. The summed E-state index contributed by atoms with van der Waals surface area (Å²) in [5.74, 6) is 0.675. The van der Waals surface area contributed by atoms with E-state index in [0.29, 0.717) is 17.1 Å². The number of nitrogens with zero attached hydrogens (tertiary/aromatic N) is 4. The first-order chi connectivity index (χ1) is 12.4. The maximum absolute atomic E-state index is 12.7. The van der Waals surface area contributed by atoms with Crippen molar-refractivity contribution < 1.29 is 14.3 Å². The first-order valence-corrected chi connectivity index (χ1v) is 7.75. The summed E-state index contributed by atoms with van der Waals surface area (Å²) in [6, 6.07) is 4.87. The molecule has 2 heterocycles. The Morgan fingerprint density at radius 3 is 2.50 bits per heavy atom. The van der Waals surface area contributed by atoms with E-state index in [2.05, 4.69) is 4.98 Å². The summed E-state index contributed by atoms with van der Waals surface area (Å²) >= 11 is 0. The van der Waals surface area contributed by atoms with Gasteiger partial charge in [-0.25, -0.2) is 9.78 Å². The Labute approximate surface area is 148 Å². The van der Waals surface area contributed by atoms with Crippen molar-refractivity contribution in [2.45, 2.75) is 6.54 Å². The van der Waals surface area contributed by atoms with E-state index in [1.54, 1.807) is 18.2 Å². The van der Waals surface area contributed by atoms with E-state index in [1.165, 1.54) is 43.8 Å². The number of aromatic nitrogens is 4. The van der Waals surface area contributed by atoms with Gasteiger partial charge in [0.2, 0.25) is 0 Å². The molecule has 0 N–H and O–H groups in total. The van der Waals surface area contributed by atoms with E-state index in [4.69, 9.17) is 9.47 Å². The van der Waals surface area contributed by atoms with Crippen LogP contribution in [-0.4, -0.2) is 38.7 Å². The molecule has 0 aliphatic heterocycles. The molecular weight excluding hydrogens is 340 g/mol. The fourth-order valence-corrected chi connectivity index (χ4v) is 2.79. The molecule has 0 bridgehead atoms. The van der Waals surface area contributed by atoms with Crippen molar-refractivity contribution in [2.24, 2.45) is 14.1 Å². The topological polar surface area (TPSA) is 97.4 Å². The predicted molar refractivity (Wildman–Crippen MR) is 94.1 cm³/mol. The van der Waals surface area contributed by atoms with E-state index in [0.717, 1.165) is 4.57 Å². The Kier molecular flexibility index (Phi) is 4.37. The van der Waals surface area contributed by atoms with Gasteiger partial charge in [-0.1, -0.05) is 0 Å². The molecule has 26 heavy (non-hydrogen) atoms. The number of imidazole rings is 1. The maximum Gasteiger partial charge on any atom is 0.332 e. The van der Waals surface area contributed by atoms with Crippen LogP contribution in [0.5, 0.6) is 11.5 Å². The van der Waals surface area contributed by atoms with Gasteiger partial charge in [-0.15, -0.1) is 0 Å². The van der Waals surface area contributed by atoms with Crippen molar-refractivity contribution in [2.75, 3.05) is 14.2 Å². The van der Waals surface area contributed by atoms with Crippen molar-refractivity contribution in [3.8, 4) is 11.5 Å². The van der Waals surface area contributed by atoms with Crippen LogP contribution in [0.2, 0.25) is 0 Å². The van der Waals surface area contributed by atoms with Crippen molar-refractivity contribution in [1.29, 1.82) is 0 Å². The number of benzene rings is 1. The molecule has 0 spiro atoms. The van der Waals surface area contributed by atoms with Crippen LogP contribution in [0.25, 0.3) is 11.2 Å². The van der Waals surface area contributed by atoms with Gasteiger partial charge < -0.3 is 14.0 Å². The quantitative estimate of drug-likeness (QED) is 0.610. The Morgan fingerprint density at radius 2 is 1.85 bits per heavy atom. The number of rotatable bonds is 5. The van der Waals surface area contributed by atoms with Crippen LogP contribution in [0.4, 0.5) is 0 Å². The zero-order valence-electron chi connectivity index (χ0n) is 14.8. The van der Waals surface area contributed by atoms with Gasteiger partial charge in [-0.3, -0.25) is 18.7 Å². The zero-order valence-corrected chi connectivity index (χ0v) is 14.8. The van der Waals surface area contributed by atoms with Crippen LogP contribution < -0.4 is 20.7 Å². The second kappa shape index (κ2) is 6.51. The van der Waals surface area contributed by atoms with Crippen molar-refractivity contribution in [3.63, 3.8) is 0 Å². The number of ether oxygens (including phenoxy) is 2. The minimum absolute atomic E-state index is 0.118. The molecule has 0 radical (unpaired) electrons. The second-order valence-corrected chi connectivity index (χ2v) is 5.74. The first kappa shape index (κ1) is 17.5. The van der Waals surface area contributed by atoms with Crippen LogP contribution in [0.1, 0.15) is 10.4 Å². The molecule has 2 aromatic heterocycles. The van der Waals surface area contributed by atoms with Gasteiger partial charge in [0.05, 0.1) is 32.7 Å². The van der Waals surface area contributed by atoms with Gasteiger partial charge in [0, 0.05) is 20.2 Å². The van der Waals surface area contributed by atoms with Gasteiger partial charge in [0.15, 0.2) is 16.9 Å². The Hall–Kier alpha value is -3.36. The lowest BCUT2D eigenvalue weighted by Gasteiger charge is -2.10. The zero-order chi connectivity index (χ0) is 19.0. The number of methoxy groups -OCH3 is 2. The third-order valence-corrected chi connectivity index (χ3v) is 4.24. The number of carbonyl (C=O) groups excluding carboxylic acids is 1. The lowest BCUT2D eigenvalue weighted by Crippen LogP contribution is -2.37. The Balaban J connectivity index is 2.07. The van der Waals surface area contributed by atoms with Crippen molar-refractivity contribution >= 4 is 16.9 Å². The molecule has 0 saturated carbocycles. The minimum atomic E-state index is -0.505. The van der Waals surface area contributed by atoms with Crippen molar-refractivity contribution in [1.82, 2.24) is 18.7 Å². The monoisotopic (exact) mass is 358 g/mol. The normalized spacial score (nSPS) is 10.9. The van der Waals surface area contributed by atoms with Crippen LogP contribution in [0.15, 0.2) is 34.1 Å². The third kappa shape index (κ3) is 2.67. The minimum Gasteiger partial charge on any atom is -0.497 e. The summed E-state index contributed by atoms with van der Waals surface area (Å²) < 4.78 is 14.1. The van der Waals surface area contributed by atoms with Crippen molar-refractivity contribution in [3.05, 3.63) is 50.9 Å². The van der Waals surface area contributed by atoms with Gasteiger partial charge in [0.1, 0.15) is 11.5 Å². The van der Waals surface area contributed by atoms with E-state index < -0.39 is 11.2 Å². The molecule has 0 atom stereocenters. The Bertz CT molecular complexity index is 1120. The summed E-state index contributed by atoms with van der Waals surface area (Å²) in [6.45, 7) is -0.118. The van der Waals surface area contributed by atoms with E-state index in [-0.39, 0.29) is 23.5 Å². The molecule has 0 amide bonds. The molecule has 0 saturated heterocycles. The lowest BCUT2D eigenvalue weighted by molar-refractivity contribution is 0.0970. The highest BCUT2D eigenvalue weighted by Gasteiger charge is 2.18. The summed E-state index contributed by atoms with van der Waals surface area (Å²) in [5.41, 5.74) is -0.203. The molecule has 0 fully saturated rings. The number of aryl methyl sites for hydroxylation is 1. The second-order valence-electron chi connectivity index (χ2n) is 5.74. The summed E-state index contributed by atoms with van der Waals surface area (Å²) in [6.07, 6.45) is 1.37. The first-order valence-electron chi connectivity index (χ1n) is 7.75. The van der Waals surface area contributed by atoms with E-state index in [1.807, 2.05) is 0 Å². The third-order valence-electron chi connectivity index (χ3n) is 4.24. The van der Waals surface area contributed by atoms with Gasteiger partial charge in [-0.2, -0.15) is 0 Å². The molecule has 9 heteroatoms. The predicted octanol–water partition coefficient (Wildman–Crippen LogP) is 0.334. The SMILES string of the molecule is COc1ccc(C(=O)Cn2cnc3c2c(=O)n(C)c(=O)n3C)c(OC)c1. The number of Topliss-reactive ketones (excluding diaryl/α,β-unsaturated/α-hetero) is 1. The van der Waals surface area contributed by atoms with E-state index >= 15 is 0 Å². The summed E-state index contributed by atoms with van der Waals surface area (Å²) in [7, 11) is 5.89. The summed E-state index contributed by atoms with van der Waals surface area (Å²) in [5, 5.41) is 0. The molecular formula is C17H18N4O5. The number of fused-ring (bicyclic) bond motifs is 1. The lowest BCUT2D eigenvalue weighted by atomic mass is 10.1. The molecule has 0 aliphatic carbocycles. The molecule has 0 unspecified atom stereocenters. The van der Waals surface area contributed by atoms with Gasteiger partial charge >= 0.3 is 5.69 Å². The fourth-order valence-electron chi connectivity index (χ4n) is 2.79. The smallest absolute Gasteiger partial charge is 0.332 e. The standard InChI is InChI=1S/C17H18N4O5/c1-19-15-14(16(23)20(2)17(19)24)21(9-18-15)8-12(22)11-6-5-10(25-3)7-13(11)26-4/h5-7,9H,8H2,1-4H3. The molecule has 3 rings (SSSR count). The molecule has 9 nitrogen and oxygen atoms in total. The van der Waals surface area contributed by atoms with Crippen LogP contribution in [0, 0.1) is 0 Å². The molecule has 3 aromatic rings. The average molecular weight is 358 g/mol. The highest BCUT2D eigenvalue weighted by atomic mass is 16.5. The molecule has 1 aromatic carbocycles. The van der Waals surface area contributed by atoms with Crippen LogP contribution in [0.3, 0.4) is 0 Å². The average Bonchev–Trinajstić information content (AvgIpc) is 3.07.